The summed E-state index contributed by atoms with van der Waals surface area (Å²) < 4.78 is 36.9. The Bertz CT molecular complexity index is 285. The molecule has 1 nitrogen and oxygen atoms in total. The van der Waals surface area contributed by atoms with E-state index in [9.17, 15) is 13.2 Å². The molecule has 0 aliphatic heterocycles. The van der Waals surface area contributed by atoms with E-state index in [-0.39, 0.29) is 12.5 Å². The van der Waals surface area contributed by atoms with Crippen LogP contribution in [0, 0.1) is 29.6 Å². The second kappa shape index (κ2) is 4.39. The molecule has 1 unspecified atom stereocenters. The fourth-order valence-electron chi connectivity index (χ4n) is 5.19. The minimum Gasteiger partial charge on any atom is -0.327 e. The van der Waals surface area contributed by atoms with Crippen molar-refractivity contribution in [2.24, 2.45) is 35.3 Å². The van der Waals surface area contributed by atoms with Gasteiger partial charge in [0.15, 0.2) is 0 Å². The lowest BCUT2D eigenvalue weighted by molar-refractivity contribution is -0.139. The van der Waals surface area contributed by atoms with Crippen LogP contribution < -0.4 is 5.73 Å². The van der Waals surface area contributed by atoms with Crippen molar-refractivity contribution < 1.29 is 13.2 Å². The fraction of sp³-hybridized carbons (Fsp3) is 1.00. The van der Waals surface area contributed by atoms with E-state index in [0.29, 0.717) is 17.8 Å². The van der Waals surface area contributed by atoms with Gasteiger partial charge in [-0.15, -0.1) is 0 Å². The molecule has 2 N–H and O–H groups in total. The van der Waals surface area contributed by atoms with Crippen LogP contribution >= 0.6 is 0 Å². The second-order valence-electron chi connectivity index (χ2n) is 6.83. The molecule has 104 valence electrons. The van der Waals surface area contributed by atoms with E-state index >= 15 is 0 Å². The first-order chi connectivity index (χ1) is 8.42. The van der Waals surface area contributed by atoms with E-state index in [1.54, 1.807) is 0 Å². The van der Waals surface area contributed by atoms with Gasteiger partial charge in [-0.05, 0) is 68.1 Å². The largest absolute Gasteiger partial charge is 0.389 e. The number of hydrogen-bond donors (Lipinski definition) is 1. The lowest BCUT2D eigenvalue weighted by Gasteiger charge is -2.56. The molecule has 0 aromatic carbocycles. The summed E-state index contributed by atoms with van der Waals surface area (Å²) in [4.78, 5) is 0. The highest BCUT2D eigenvalue weighted by molar-refractivity contribution is 5.00. The number of nitrogens with two attached hydrogens (primary N) is 1. The van der Waals surface area contributed by atoms with Crippen LogP contribution in [-0.4, -0.2) is 12.2 Å². The van der Waals surface area contributed by atoms with Gasteiger partial charge in [-0.2, -0.15) is 13.2 Å². The van der Waals surface area contributed by atoms with Crippen LogP contribution in [0.15, 0.2) is 0 Å². The van der Waals surface area contributed by atoms with Gasteiger partial charge in [0, 0.05) is 12.5 Å². The maximum absolute atomic E-state index is 12.3. The third-order valence-electron chi connectivity index (χ3n) is 5.56. The van der Waals surface area contributed by atoms with E-state index in [0.717, 1.165) is 11.8 Å². The van der Waals surface area contributed by atoms with Gasteiger partial charge in [-0.3, -0.25) is 0 Å². The standard InChI is InChI=1S/C14H22F3N/c15-14(16,17)2-1-12(18)13-10-4-8-3-9(6-10)7-11(13)5-8/h8-13H,1-7,18H2. The topological polar surface area (TPSA) is 26.0 Å². The summed E-state index contributed by atoms with van der Waals surface area (Å²) in [7, 11) is 0. The van der Waals surface area contributed by atoms with Gasteiger partial charge in [-0.1, -0.05) is 0 Å². The fourth-order valence-corrected chi connectivity index (χ4v) is 5.19. The molecule has 0 heterocycles. The molecular formula is C14H22F3N. The highest BCUT2D eigenvalue weighted by atomic mass is 19.4. The van der Waals surface area contributed by atoms with E-state index in [1.165, 1.54) is 32.1 Å². The van der Waals surface area contributed by atoms with Crippen LogP contribution in [0.5, 0.6) is 0 Å². The summed E-state index contributed by atoms with van der Waals surface area (Å²) in [6, 6.07) is -0.235. The van der Waals surface area contributed by atoms with Gasteiger partial charge >= 0.3 is 6.18 Å². The summed E-state index contributed by atoms with van der Waals surface area (Å²) in [5, 5.41) is 0. The maximum atomic E-state index is 12.3. The van der Waals surface area contributed by atoms with Crippen LogP contribution in [-0.2, 0) is 0 Å². The van der Waals surface area contributed by atoms with Crippen LogP contribution in [0.2, 0.25) is 0 Å². The van der Waals surface area contributed by atoms with Gasteiger partial charge in [0.1, 0.15) is 0 Å². The number of halogens is 3. The van der Waals surface area contributed by atoms with Gasteiger partial charge < -0.3 is 5.73 Å². The third-order valence-corrected chi connectivity index (χ3v) is 5.56. The molecule has 0 saturated heterocycles. The highest BCUT2D eigenvalue weighted by Crippen LogP contribution is 2.57. The Hall–Kier alpha value is -0.250. The SMILES string of the molecule is NC(CCC(F)(F)F)C1C2CC3CC(C2)CC1C3. The molecule has 0 spiro atoms. The predicted octanol–water partition coefficient (Wildman–Crippen LogP) is 3.73. The zero-order valence-corrected chi connectivity index (χ0v) is 10.6. The van der Waals surface area contributed by atoms with Crippen molar-refractivity contribution in [3.05, 3.63) is 0 Å². The molecule has 4 fully saturated rings. The van der Waals surface area contributed by atoms with E-state index < -0.39 is 12.6 Å². The van der Waals surface area contributed by atoms with Crippen LogP contribution in [0.4, 0.5) is 13.2 Å². The molecule has 0 aromatic rings. The van der Waals surface area contributed by atoms with Crippen molar-refractivity contribution in [1.29, 1.82) is 0 Å². The number of hydrogen-bond acceptors (Lipinski definition) is 1. The molecule has 18 heavy (non-hydrogen) atoms. The minimum absolute atomic E-state index is 0.122. The van der Waals surface area contributed by atoms with E-state index in [1.807, 2.05) is 0 Å². The molecule has 4 bridgehead atoms. The second-order valence-corrected chi connectivity index (χ2v) is 6.83. The van der Waals surface area contributed by atoms with Gasteiger partial charge in [-0.25, -0.2) is 0 Å². The highest BCUT2D eigenvalue weighted by Gasteiger charge is 2.50. The summed E-state index contributed by atoms with van der Waals surface area (Å²) in [5.41, 5.74) is 6.11. The lowest BCUT2D eigenvalue weighted by atomic mass is 9.50. The normalized spacial score (nSPS) is 44.3. The van der Waals surface area contributed by atoms with E-state index in [2.05, 4.69) is 0 Å². The first kappa shape index (κ1) is 12.8. The van der Waals surface area contributed by atoms with Crippen molar-refractivity contribution in [2.45, 2.75) is 57.2 Å². The number of alkyl halides is 3. The maximum Gasteiger partial charge on any atom is 0.389 e. The van der Waals surface area contributed by atoms with Crippen LogP contribution in [0.1, 0.15) is 44.9 Å². The Morgan fingerprint density at radius 1 is 0.944 bits per heavy atom. The molecule has 4 aliphatic rings. The van der Waals surface area contributed by atoms with E-state index in [4.69, 9.17) is 5.73 Å². The van der Waals surface area contributed by atoms with Gasteiger partial charge in [0.25, 0.3) is 0 Å². The molecule has 4 heteroatoms. The Morgan fingerprint density at radius 3 is 1.89 bits per heavy atom. The molecule has 0 aromatic heterocycles. The average molecular weight is 261 g/mol. The minimum atomic E-state index is -4.05. The third kappa shape index (κ3) is 2.40. The monoisotopic (exact) mass is 261 g/mol. The average Bonchev–Trinajstić information content (AvgIpc) is 2.23. The Labute approximate surface area is 106 Å². The smallest absolute Gasteiger partial charge is 0.327 e. The molecule has 0 radical (unpaired) electrons. The van der Waals surface area contributed by atoms with Gasteiger partial charge in [0.2, 0.25) is 0 Å². The van der Waals surface area contributed by atoms with Gasteiger partial charge in [0.05, 0.1) is 0 Å². The molecule has 1 atom stereocenters. The van der Waals surface area contributed by atoms with Crippen molar-refractivity contribution in [1.82, 2.24) is 0 Å². The Morgan fingerprint density at radius 2 is 1.44 bits per heavy atom. The Kier molecular flexibility index (Phi) is 3.12. The molecule has 0 amide bonds. The lowest BCUT2D eigenvalue weighted by Crippen LogP contribution is -2.51. The molecular weight excluding hydrogens is 239 g/mol. The van der Waals surface area contributed by atoms with Crippen LogP contribution in [0.25, 0.3) is 0 Å². The summed E-state index contributed by atoms with van der Waals surface area (Å²) in [5.74, 6) is 3.35. The summed E-state index contributed by atoms with van der Waals surface area (Å²) in [6.45, 7) is 0. The number of rotatable bonds is 3. The van der Waals surface area contributed by atoms with Crippen molar-refractivity contribution in [3.8, 4) is 0 Å². The summed E-state index contributed by atoms with van der Waals surface area (Å²) >= 11 is 0. The zero-order valence-electron chi connectivity index (χ0n) is 10.6. The van der Waals surface area contributed by atoms with Crippen LogP contribution in [0.3, 0.4) is 0 Å². The van der Waals surface area contributed by atoms with Crippen molar-refractivity contribution in [2.75, 3.05) is 0 Å². The summed E-state index contributed by atoms with van der Waals surface area (Å²) in [6.07, 6.45) is 1.66. The molecule has 4 rings (SSSR count). The Balaban J connectivity index is 1.62. The quantitative estimate of drug-likeness (QED) is 0.823. The first-order valence-corrected chi connectivity index (χ1v) is 7.24. The zero-order chi connectivity index (χ0) is 12.9. The predicted molar refractivity (Wildman–Crippen MR) is 63.8 cm³/mol. The first-order valence-electron chi connectivity index (χ1n) is 7.24. The molecule has 4 saturated carbocycles. The van der Waals surface area contributed by atoms with Crippen molar-refractivity contribution in [3.63, 3.8) is 0 Å². The van der Waals surface area contributed by atoms with Crippen molar-refractivity contribution >= 4 is 0 Å². The molecule has 4 aliphatic carbocycles.